The van der Waals surface area contributed by atoms with Crippen molar-refractivity contribution in [2.45, 2.75) is 0 Å². The van der Waals surface area contributed by atoms with Crippen LogP contribution in [-0.2, 0) is 0 Å². The van der Waals surface area contributed by atoms with Gasteiger partial charge >= 0.3 is 0 Å². The summed E-state index contributed by atoms with van der Waals surface area (Å²) in [5, 5.41) is 10.4. The van der Waals surface area contributed by atoms with Crippen molar-refractivity contribution in [3.05, 3.63) is 52.7 Å². The maximum Gasteiger partial charge on any atom is 0.269 e. The summed E-state index contributed by atoms with van der Waals surface area (Å²) in [6, 6.07) is 8.98. The minimum atomic E-state index is -0.712. The Hall–Kier alpha value is -2.66. The fraction of sp³-hybridized carbons (Fsp3) is 0. The van der Waals surface area contributed by atoms with E-state index in [-0.39, 0.29) is 5.69 Å². The minimum absolute atomic E-state index is 0.129. The van der Waals surface area contributed by atoms with Crippen LogP contribution in [0.2, 0.25) is 0 Å². The summed E-state index contributed by atoms with van der Waals surface area (Å²) < 4.78 is 1.32. The monoisotopic (exact) mass is 214 g/mol. The molecule has 1 amide bonds. The largest absolute Gasteiger partial charge is 0.285 e. The molecule has 0 radical (unpaired) electrons. The molecule has 0 aliphatic heterocycles. The second kappa shape index (κ2) is 4.24. The molecule has 2 aromatic rings. The summed E-state index contributed by atoms with van der Waals surface area (Å²) in [7, 11) is 0. The highest BCUT2D eigenvalue weighted by Crippen LogP contribution is 2.09. The molecule has 78 valence electrons. The Morgan fingerprint density at radius 1 is 1.38 bits per heavy atom. The highest BCUT2D eigenvalue weighted by Gasteiger charge is 2.12. The molecule has 7 nitrogen and oxygen atoms in total. The molecule has 0 bridgehead atoms. The van der Waals surface area contributed by atoms with Gasteiger partial charge in [0, 0.05) is 4.91 Å². The van der Waals surface area contributed by atoms with Crippen LogP contribution in [0.15, 0.2) is 41.6 Å². The Balaban J connectivity index is 2.48. The third-order valence-corrected chi connectivity index (χ3v) is 1.90. The molecule has 1 aromatic carbocycles. The topological polar surface area (TPSA) is 96.5 Å². The van der Waals surface area contributed by atoms with Crippen molar-refractivity contribution in [2.24, 2.45) is 5.11 Å². The second-order valence-corrected chi connectivity index (χ2v) is 2.86. The first-order valence-corrected chi connectivity index (χ1v) is 4.38. The summed E-state index contributed by atoms with van der Waals surface area (Å²) in [4.78, 5) is 13.8. The van der Waals surface area contributed by atoms with E-state index >= 15 is 0 Å². The van der Waals surface area contributed by atoms with Crippen LogP contribution in [0.25, 0.3) is 16.1 Å². The Bertz CT molecular complexity index is 554. The molecule has 0 fully saturated rings. The number of azide groups is 1. The van der Waals surface area contributed by atoms with Crippen LogP contribution in [0.3, 0.4) is 0 Å². The van der Waals surface area contributed by atoms with Gasteiger partial charge < -0.3 is 0 Å². The first kappa shape index (κ1) is 9.88. The van der Waals surface area contributed by atoms with Crippen LogP contribution >= 0.6 is 0 Å². The van der Waals surface area contributed by atoms with Crippen molar-refractivity contribution in [3.8, 4) is 5.69 Å². The Kier molecular flexibility index (Phi) is 2.62. The SMILES string of the molecule is [N-]=[N+]=NC(=O)c1cnnn1-c1ccccc1. The second-order valence-electron chi connectivity index (χ2n) is 2.86. The van der Waals surface area contributed by atoms with Crippen LogP contribution in [0.1, 0.15) is 10.5 Å². The van der Waals surface area contributed by atoms with Gasteiger partial charge in [-0.25, -0.2) is 4.68 Å². The van der Waals surface area contributed by atoms with E-state index in [1.807, 2.05) is 6.07 Å². The highest BCUT2D eigenvalue weighted by molar-refractivity contribution is 5.93. The Labute approximate surface area is 89.9 Å². The van der Waals surface area contributed by atoms with Gasteiger partial charge in [0.15, 0.2) is 0 Å². The number of rotatable bonds is 2. The van der Waals surface area contributed by atoms with Crippen LogP contribution in [0, 0.1) is 0 Å². The summed E-state index contributed by atoms with van der Waals surface area (Å²) in [5.41, 5.74) is 8.99. The molecule has 0 aliphatic rings. The fourth-order valence-corrected chi connectivity index (χ4v) is 1.23. The lowest BCUT2D eigenvalue weighted by Crippen LogP contribution is -2.06. The molecule has 0 saturated carbocycles. The summed E-state index contributed by atoms with van der Waals surface area (Å²) in [6.07, 6.45) is 1.25. The Morgan fingerprint density at radius 2 is 2.12 bits per heavy atom. The third-order valence-electron chi connectivity index (χ3n) is 1.90. The molecule has 0 spiro atoms. The van der Waals surface area contributed by atoms with Crippen molar-refractivity contribution < 1.29 is 4.79 Å². The lowest BCUT2D eigenvalue weighted by Gasteiger charge is -2.01. The number of para-hydroxylation sites is 1. The average molecular weight is 214 g/mol. The molecular formula is C9H6N6O. The number of carbonyl (C=O) groups is 1. The average Bonchev–Trinajstić information content (AvgIpc) is 2.79. The number of hydrogen-bond donors (Lipinski definition) is 0. The molecular weight excluding hydrogens is 208 g/mol. The zero-order chi connectivity index (χ0) is 11.4. The van der Waals surface area contributed by atoms with E-state index in [1.54, 1.807) is 24.3 Å². The third kappa shape index (κ3) is 1.75. The molecule has 2 rings (SSSR count). The molecule has 0 aliphatic carbocycles. The van der Waals surface area contributed by atoms with E-state index in [0.29, 0.717) is 5.69 Å². The van der Waals surface area contributed by atoms with Crippen LogP contribution in [-0.4, -0.2) is 20.9 Å². The number of aromatic nitrogens is 3. The van der Waals surface area contributed by atoms with E-state index in [9.17, 15) is 4.79 Å². The maximum atomic E-state index is 11.4. The quantitative estimate of drug-likeness (QED) is 0.432. The van der Waals surface area contributed by atoms with Gasteiger partial charge in [-0.1, -0.05) is 23.4 Å². The predicted molar refractivity (Wildman–Crippen MR) is 54.8 cm³/mol. The first-order valence-electron chi connectivity index (χ1n) is 4.38. The summed E-state index contributed by atoms with van der Waals surface area (Å²) in [5.74, 6) is -0.712. The normalized spacial score (nSPS) is 9.50. The van der Waals surface area contributed by atoms with Gasteiger partial charge in [0.2, 0.25) is 0 Å². The highest BCUT2D eigenvalue weighted by atomic mass is 16.2. The number of hydrogen-bond acceptors (Lipinski definition) is 3. The molecule has 1 aromatic heterocycles. The molecule has 16 heavy (non-hydrogen) atoms. The zero-order valence-electron chi connectivity index (χ0n) is 8.06. The standard InChI is InChI=1S/C9H6N6O/c10-13-12-9(16)8-6-11-14-15(8)7-4-2-1-3-5-7/h1-6H. The van der Waals surface area contributed by atoms with E-state index in [1.165, 1.54) is 10.9 Å². The minimum Gasteiger partial charge on any atom is -0.285 e. The van der Waals surface area contributed by atoms with Crippen molar-refractivity contribution in [1.82, 2.24) is 15.0 Å². The first-order chi connectivity index (χ1) is 7.83. The van der Waals surface area contributed by atoms with Crippen LogP contribution in [0.5, 0.6) is 0 Å². The lowest BCUT2D eigenvalue weighted by molar-refractivity contribution is 0.0993. The van der Waals surface area contributed by atoms with Gasteiger partial charge in [0.05, 0.1) is 11.9 Å². The van der Waals surface area contributed by atoms with E-state index < -0.39 is 5.91 Å². The predicted octanol–water partition coefficient (Wildman–Crippen LogP) is 1.72. The lowest BCUT2D eigenvalue weighted by atomic mass is 10.3. The van der Waals surface area contributed by atoms with Gasteiger partial charge in [-0.05, 0) is 22.8 Å². The maximum absolute atomic E-state index is 11.4. The van der Waals surface area contributed by atoms with Crippen molar-refractivity contribution in [1.29, 1.82) is 0 Å². The van der Waals surface area contributed by atoms with Crippen LogP contribution in [0.4, 0.5) is 0 Å². The van der Waals surface area contributed by atoms with Crippen molar-refractivity contribution in [2.75, 3.05) is 0 Å². The zero-order valence-corrected chi connectivity index (χ0v) is 8.06. The number of amides is 1. The molecule has 0 unspecified atom stereocenters. The van der Waals surface area contributed by atoms with E-state index in [2.05, 4.69) is 20.3 Å². The van der Waals surface area contributed by atoms with E-state index in [4.69, 9.17) is 5.53 Å². The molecule has 1 heterocycles. The van der Waals surface area contributed by atoms with Gasteiger partial charge in [0.25, 0.3) is 5.91 Å². The summed E-state index contributed by atoms with van der Waals surface area (Å²) in [6.45, 7) is 0. The van der Waals surface area contributed by atoms with Gasteiger partial charge in [-0.2, -0.15) is 0 Å². The smallest absolute Gasteiger partial charge is 0.269 e. The molecule has 7 heteroatoms. The molecule has 0 atom stereocenters. The number of benzene rings is 1. The number of nitrogens with zero attached hydrogens (tertiary/aromatic N) is 6. The van der Waals surface area contributed by atoms with Gasteiger partial charge in [-0.3, -0.25) is 4.79 Å². The van der Waals surface area contributed by atoms with Gasteiger partial charge in [0.1, 0.15) is 5.69 Å². The Morgan fingerprint density at radius 3 is 2.81 bits per heavy atom. The van der Waals surface area contributed by atoms with E-state index in [0.717, 1.165) is 0 Å². The number of carbonyl (C=O) groups excluding carboxylic acids is 1. The van der Waals surface area contributed by atoms with Gasteiger partial charge in [-0.15, -0.1) is 5.10 Å². The summed E-state index contributed by atoms with van der Waals surface area (Å²) >= 11 is 0. The van der Waals surface area contributed by atoms with Crippen molar-refractivity contribution >= 4 is 5.91 Å². The molecule has 0 N–H and O–H groups in total. The molecule has 0 saturated heterocycles. The van der Waals surface area contributed by atoms with Crippen LogP contribution < -0.4 is 0 Å². The van der Waals surface area contributed by atoms with Crippen molar-refractivity contribution in [3.63, 3.8) is 0 Å². The fourth-order valence-electron chi connectivity index (χ4n) is 1.23.